The van der Waals surface area contributed by atoms with E-state index in [1.807, 2.05) is 13.0 Å². The van der Waals surface area contributed by atoms with E-state index in [1.54, 1.807) is 12.1 Å². The number of nitrogens with one attached hydrogen (secondary N) is 1. The van der Waals surface area contributed by atoms with E-state index >= 15 is 0 Å². The molecule has 0 aliphatic carbocycles. The third kappa shape index (κ3) is 4.00. The third-order valence-electron chi connectivity index (χ3n) is 4.01. The number of hydrogen-bond acceptors (Lipinski definition) is 3. The Bertz CT molecular complexity index is 557. The van der Waals surface area contributed by atoms with Crippen LogP contribution in [0.3, 0.4) is 0 Å². The van der Waals surface area contributed by atoms with Crippen molar-refractivity contribution in [2.45, 2.75) is 39.5 Å². The summed E-state index contributed by atoms with van der Waals surface area (Å²) in [5, 5.41) is 12.1. The quantitative estimate of drug-likeness (QED) is 0.875. The van der Waals surface area contributed by atoms with E-state index in [0.29, 0.717) is 18.0 Å². The predicted molar refractivity (Wildman–Crippen MR) is 87.6 cm³/mol. The van der Waals surface area contributed by atoms with Crippen LogP contribution >= 0.6 is 0 Å². The molecule has 120 valence electrons. The number of carbonyl (C=O) groups excluding carboxylic acids is 1. The number of carboxylic acids is 1. The summed E-state index contributed by atoms with van der Waals surface area (Å²) in [5.41, 5.74) is 1.44. The fourth-order valence-corrected chi connectivity index (χ4v) is 2.88. The van der Waals surface area contributed by atoms with Crippen molar-refractivity contribution in [1.29, 1.82) is 0 Å². The standard InChI is InChI=1S/C17H24N2O3/c1-3-5-16(20)18-15-8-7-13(10-14(15)17(21)22)19-9-4-6-12(2)11-19/h7-8,10,12H,3-6,9,11H2,1-2H3,(H,18,20)(H,21,22)/t12-/m1/s1. The van der Waals surface area contributed by atoms with E-state index in [0.717, 1.165) is 31.6 Å². The van der Waals surface area contributed by atoms with Gasteiger partial charge in [0, 0.05) is 25.2 Å². The molecule has 5 nitrogen and oxygen atoms in total. The summed E-state index contributed by atoms with van der Waals surface area (Å²) >= 11 is 0. The van der Waals surface area contributed by atoms with Crippen molar-refractivity contribution in [2.75, 3.05) is 23.3 Å². The molecule has 2 rings (SSSR count). The molecule has 0 unspecified atom stereocenters. The molecule has 1 amide bonds. The topological polar surface area (TPSA) is 69.6 Å². The maximum atomic E-state index is 11.7. The Labute approximate surface area is 131 Å². The van der Waals surface area contributed by atoms with Crippen molar-refractivity contribution < 1.29 is 14.7 Å². The summed E-state index contributed by atoms with van der Waals surface area (Å²) in [6.45, 7) is 6.02. The van der Waals surface area contributed by atoms with Crippen LogP contribution in [0.15, 0.2) is 18.2 Å². The molecule has 0 saturated carbocycles. The van der Waals surface area contributed by atoms with Crippen molar-refractivity contribution in [1.82, 2.24) is 0 Å². The largest absolute Gasteiger partial charge is 0.478 e. The number of piperidine rings is 1. The fraction of sp³-hybridized carbons (Fsp3) is 0.529. The molecular formula is C17H24N2O3. The Hall–Kier alpha value is -2.04. The molecule has 1 aromatic rings. The summed E-state index contributed by atoms with van der Waals surface area (Å²) in [4.78, 5) is 25.4. The van der Waals surface area contributed by atoms with Crippen molar-refractivity contribution in [3.05, 3.63) is 23.8 Å². The molecule has 1 heterocycles. The fourth-order valence-electron chi connectivity index (χ4n) is 2.88. The first-order valence-electron chi connectivity index (χ1n) is 7.93. The molecule has 0 aromatic heterocycles. The van der Waals surface area contributed by atoms with Crippen LogP contribution in [0.1, 0.15) is 49.9 Å². The van der Waals surface area contributed by atoms with Gasteiger partial charge in [-0.05, 0) is 43.4 Å². The van der Waals surface area contributed by atoms with Crippen LogP contribution < -0.4 is 10.2 Å². The van der Waals surface area contributed by atoms with Gasteiger partial charge in [0.05, 0.1) is 11.3 Å². The Balaban J connectivity index is 2.23. The van der Waals surface area contributed by atoms with E-state index < -0.39 is 5.97 Å². The van der Waals surface area contributed by atoms with Gasteiger partial charge in [0.2, 0.25) is 5.91 Å². The average molecular weight is 304 g/mol. The maximum absolute atomic E-state index is 11.7. The zero-order valence-electron chi connectivity index (χ0n) is 13.3. The van der Waals surface area contributed by atoms with Gasteiger partial charge in [0.15, 0.2) is 0 Å². The molecule has 1 fully saturated rings. The number of carboxylic acid groups (broad SMARTS) is 1. The highest BCUT2D eigenvalue weighted by molar-refractivity contribution is 6.01. The van der Waals surface area contributed by atoms with E-state index in [-0.39, 0.29) is 11.5 Å². The van der Waals surface area contributed by atoms with E-state index in [9.17, 15) is 14.7 Å². The molecule has 1 aromatic carbocycles. The molecule has 1 aliphatic heterocycles. The Morgan fingerprint density at radius 1 is 1.41 bits per heavy atom. The van der Waals surface area contributed by atoms with Crippen LogP contribution in [0.25, 0.3) is 0 Å². The molecule has 1 aliphatic rings. The molecule has 1 atom stereocenters. The minimum Gasteiger partial charge on any atom is -0.478 e. The van der Waals surface area contributed by atoms with Gasteiger partial charge in [0.25, 0.3) is 0 Å². The average Bonchev–Trinajstić information content (AvgIpc) is 2.47. The zero-order chi connectivity index (χ0) is 16.1. The molecule has 0 radical (unpaired) electrons. The van der Waals surface area contributed by atoms with Gasteiger partial charge in [0.1, 0.15) is 0 Å². The second kappa shape index (κ2) is 7.29. The summed E-state index contributed by atoms with van der Waals surface area (Å²) in [7, 11) is 0. The third-order valence-corrected chi connectivity index (χ3v) is 4.01. The molecule has 2 N–H and O–H groups in total. The monoisotopic (exact) mass is 304 g/mol. The number of amides is 1. The van der Waals surface area contributed by atoms with Gasteiger partial charge in [-0.25, -0.2) is 4.79 Å². The van der Waals surface area contributed by atoms with E-state index in [1.165, 1.54) is 6.42 Å². The van der Waals surface area contributed by atoms with Gasteiger partial charge in [-0.1, -0.05) is 13.8 Å². The number of rotatable bonds is 5. The summed E-state index contributed by atoms with van der Waals surface area (Å²) in [5.74, 6) is -0.547. The highest BCUT2D eigenvalue weighted by Gasteiger charge is 2.19. The molecule has 1 saturated heterocycles. The molecule has 22 heavy (non-hydrogen) atoms. The van der Waals surface area contributed by atoms with Crippen molar-refractivity contribution >= 4 is 23.3 Å². The lowest BCUT2D eigenvalue weighted by Crippen LogP contribution is -2.34. The SMILES string of the molecule is CCCC(=O)Nc1ccc(N2CCC[C@@H](C)C2)cc1C(=O)O. The van der Waals surface area contributed by atoms with Crippen LogP contribution in [-0.4, -0.2) is 30.1 Å². The van der Waals surface area contributed by atoms with Crippen LogP contribution in [0.5, 0.6) is 0 Å². The lowest BCUT2D eigenvalue weighted by molar-refractivity contribution is -0.116. The molecular weight excluding hydrogens is 280 g/mol. The highest BCUT2D eigenvalue weighted by atomic mass is 16.4. The number of anilines is 2. The predicted octanol–water partition coefficient (Wildman–Crippen LogP) is 3.36. The van der Waals surface area contributed by atoms with E-state index in [4.69, 9.17) is 0 Å². The Kier molecular flexibility index (Phi) is 5.41. The van der Waals surface area contributed by atoms with Gasteiger partial charge in [-0.2, -0.15) is 0 Å². The summed E-state index contributed by atoms with van der Waals surface area (Å²) in [6.07, 6.45) is 3.47. The van der Waals surface area contributed by atoms with Gasteiger partial charge < -0.3 is 15.3 Å². The van der Waals surface area contributed by atoms with Gasteiger partial charge >= 0.3 is 5.97 Å². The first-order valence-corrected chi connectivity index (χ1v) is 7.93. The van der Waals surface area contributed by atoms with Crippen LogP contribution in [0, 0.1) is 5.92 Å². The smallest absolute Gasteiger partial charge is 0.337 e. The number of carbonyl (C=O) groups is 2. The number of hydrogen-bond donors (Lipinski definition) is 2. The highest BCUT2D eigenvalue weighted by Crippen LogP contribution is 2.27. The second-order valence-corrected chi connectivity index (χ2v) is 6.03. The lowest BCUT2D eigenvalue weighted by Gasteiger charge is -2.33. The number of benzene rings is 1. The maximum Gasteiger partial charge on any atom is 0.337 e. The first-order chi connectivity index (χ1) is 10.5. The van der Waals surface area contributed by atoms with Crippen molar-refractivity contribution in [3.63, 3.8) is 0 Å². The van der Waals surface area contributed by atoms with Crippen LogP contribution in [0.2, 0.25) is 0 Å². The number of nitrogens with zero attached hydrogens (tertiary/aromatic N) is 1. The Morgan fingerprint density at radius 2 is 2.18 bits per heavy atom. The normalized spacial score (nSPS) is 18.1. The second-order valence-electron chi connectivity index (χ2n) is 6.03. The zero-order valence-corrected chi connectivity index (χ0v) is 13.3. The van der Waals surface area contributed by atoms with Crippen LogP contribution in [-0.2, 0) is 4.79 Å². The number of aromatic carboxylic acids is 1. The molecule has 0 bridgehead atoms. The van der Waals surface area contributed by atoms with Crippen molar-refractivity contribution in [3.8, 4) is 0 Å². The minimum atomic E-state index is -1.02. The van der Waals surface area contributed by atoms with Gasteiger partial charge in [-0.3, -0.25) is 4.79 Å². The molecule has 0 spiro atoms. The molecule has 5 heteroatoms. The summed E-state index contributed by atoms with van der Waals surface area (Å²) < 4.78 is 0. The summed E-state index contributed by atoms with van der Waals surface area (Å²) in [6, 6.07) is 5.26. The van der Waals surface area contributed by atoms with E-state index in [2.05, 4.69) is 17.1 Å². The minimum absolute atomic E-state index is 0.149. The van der Waals surface area contributed by atoms with Gasteiger partial charge in [-0.15, -0.1) is 0 Å². The first kappa shape index (κ1) is 16.3. The Morgan fingerprint density at radius 3 is 2.82 bits per heavy atom. The lowest BCUT2D eigenvalue weighted by atomic mass is 9.99. The van der Waals surface area contributed by atoms with Crippen molar-refractivity contribution in [2.24, 2.45) is 5.92 Å². The van der Waals surface area contributed by atoms with Crippen LogP contribution in [0.4, 0.5) is 11.4 Å².